The van der Waals surface area contributed by atoms with Gasteiger partial charge in [-0.1, -0.05) is 35.5 Å². The fraction of sp³-hybridized carbons (Fsp3) is 0.133. The van der Waals surface area contributed by atoms with Crippen molar-refractivity contribution >= 4 is 34.4 Å². The molecule has 1 heterocycles. The first-order chi connectivity index (χ1) is 9.63. The van der Waals surface area contributed by atoms with Crippen LogP contribution in [0.2, 0.25) is 5.02 Å². The van der Waals surface area contributed by atoms with Crippen molar-refractivity contribution in [3.8, 4) is 0 Å². The minimum Gasteiger partial charge on any atom is -0.322 e. The predicted molar refractivity (Wildman–Crippen MR) is 81.7 cm³/mol. The van der Waals surface area contributed by atoms with Gasteiger partial charge in [0.2, 0.25) is 0 Å². The maximum atomic E-state index is 12.9. The Balaban J connectivity index is 1.84. The lowest BCUT2D eigenvalue weighted by molar-refractivity contribution is 0.627. The second-order valence-electron chi connectivity index (χ2n) is 4.50. The molecule has 102 valence electrons. The molecule has 2 aromatic carbocycles. The molecule has 0 radical (unpaired) electrons. The molecule has 20 heavy (non-hydrogen) atoms. The quantitative estimate of drug-likeness (QED) is 0.655. The summed E-state index contributed by atoms with van der Waals surface area (Å²) >= 11 is 7.60. The summed E-state index contributed by atoms with van der Waals surface area (Å²) in [5.41, 5.74) is 3.01. The van der Waals surface area contributed by atoms with Gasteiger partial charge in [-0.05, 0) is 35.9 Å². The summed E-state index contributed by atoms with van der Waals surface area (Å²) in [5.74, 6) is 0.543. The number of aromatic nitrogens is 2. The maximum absolute atomic E-state index is 12.9. The highest BCUT2D eigenvalue weighted by Crippen LogP contribution is 2.27. The molecule has 0 N–H and O–H groups in total. The van der Waals surface area contributed by atoms with Crippen molar-refractivity contribution in [2.45, 2.75) is 10.9 Å². The number of rotatable bonds is 3. The van der Waals surface area contributed by atoms with E-state index in [0.717, 1.165) is 27.5 Å². The zero-order valence-corrected chi connectivity index (χ0v) is 12.4. The van der Waals surface area contributed by atoms with Crippen LogP contribution in [-0.4, -0.2) is 9.55 Å². The minimum absolute atomic E-state index is 0.212. The van der Waals surface area contributed by atoms with Gasteiger partial charge >= 0.3 is 0 Å². The highest BCUT2D eigenvalue weighted by atomic mass is 35.5. The lowest BCUT2D eigenvalue weighted by atomic mass is 10.2. The number of hydrogen-bond acceptors (Lipinski definition) is 2. The molecular formula is C15H12ClFN2S. The number of imidazole rings is 1. The fourth-order valence-corrected chi connectivity index (χ4v) is 3.12. The van der Waals surface area contributed by atoms with Crippen molar-refractivity contribution in [2.24, 2.45) is 7.05 Å². The van der Waals surface area contributed by atoms with Crippen molar-refractivity contribution in [3.63, 3.8) is 0 Å². The van der Waals surface area contributed by atoms with Crippen molar-refractivity contribution in [3.05, 3.63) is 58.9 Å². The van der Waals surface area contributed by atoms with Gasteiger partial charge in [0.1, 0.15) is 5.82 Å². The first-order valence-corrected chi connectivity index (χ1v) is 7.49. The Labute approximate surface area is 125 Å². The molecule has 5 heteroatoms. The predicted octanol–water partition coefficient (Wildman–Crippen LogP) is 4.66. The van der Waals surface area contributed by atoms with Crippen LogP contribution in [0.1, 0.15) is 5.56 Å². The molecule has 1 aromatic heterocycles. The molecule has 0 atom stereocenters. The molecule has 0 fully saturated rings. The smallest absolute Gasteiger partial charge is 0.169 e. The summed E-state index contributed by atoms with van der Waals surface area (Å²) in [5, 5.41) is 1.61. The average Bonchev–Trinajstić information content (AvgIpc) is 2.74. The summed E-state index contributed by atoms with van der Waals surface area (Å²) in [6.45, 7) is 0. The van der Waals surface area contributed by atoms with Crippen molar-refractivity contribution in [1.29, 1.82) is 0 Å². The third kappa shape index (κ3) is 2.67. The van der Waals surface area contributed by atoms with Gasteiger partial charge < -0.3 is 4.57 Å². The highest BCUT2D eigenvalue weighted by Gasteiger charge is 2.08. The van der Waals surface area contributed by atoms with Crippen molar-refractivity contribution in [2.75, 3.05) is 0 Å². The molecule has 2 nitrogen and oxygen atoms in total. The van der Waals surface area contributed by atoms with E-state index in [1.165, 1.54) is 12.1 Å². The summed E-state index contributed by atoms with van der Waals surface area (Å²) in [6.07, 6.45) is 0. The molecule has 0 saturated heterocycles. The standard InChI is InChI=1S/C15H12ClFN2S/c1-19-14-7-4-11(16)8-13(14)18-15(19)20-9-10-2-5-12(17)6-3-10/h2-8H,9H2,1H3. The maximum Gasteiger partial charge on any atom is 0.169 e. The van der Waals surface area contributed by atoms with Gasteiger partial charge in [0.05, 0.1) is 11.0 Å². The molecule has 0 amide bonds. The van der Waals surface area contributed by atoms with Crippen molar-refractivity contribution < 1.29 is 4.39 Å². The Hall–Kier alpha value is -1.52. The van der Waals surface area contributed by atoms with E-state index >= 15 is 0 Å². The summed E-state index contributed by atoms with van der Waals surface area (Å²) in [7, 11) is 1.98. The van der Waals surface area contributed by atoms with Crippen LogP contribution >= 0.6 is 23.4 Å². The largest absolute Gasteiger partial charge is 0.322 e. The zero-order valence-electron chi connectivity index (χ0n) is 10.8. The summed E-state index contributed by atoms with van der Waals surface area (Å²) in [6, 6.07) is 12.2. The zero-order chi connectivity index (χ0) is 14.1. The molecule has 3 rings (SSSR count). The highest BCUT2D eigenvalue weighted by molar-refractivity contribution is 7.98. The van der Waals surface area contributed by atoms with Gasteiger partial charge in [-0.3, -0.25) is 0 Å². The van der Waals surface area contributed by atoms with E-state index in [2.05, 4.69) is 4.98 Å². The molecule has 0 aliphatic rings. The van der Waals surface area contributed by atoms with Crippen LogP contribution in [0.25, 0.3) is 11.0 Å². The Morgan fingerprint density at radius 3 is 2.70 bits per heavy atom. The first kappa shape index (κ1) is 13.5. The Kier molecular flexibility index (Phi) is 3.68. The van der Waals surface area contributed by atoms with Gasteiger partial charge in [0, 0.05) is 17.8 Å². The molecule has 0 aliphatic heterocycles. The van der Waals surface area contributed by atoms with Gasteiger partial charge in [-0.2, -0.15) is 0 Å². The van der Waals surface area contributed by atoms with Crippen LogP contribution < -0.4 is 0 Å². The molecule has 0 aliphatic carbocycles. The normalized spacial score (nSPS) is 11.2. The third-order valence-electron chi connectivity index (χ3n) is 3.08. The lowest BCUT2D eigenvalue weighted by Crippen LogP contribution is -1.91. The first-order valence-electron chi connectivity index (χ1n) is 6.13. The topological polar surface area (TPSA) is 17.8 Å². The monoisotopic (exact) mass is 306 g/mol. The molecule has 3 aromatic rings. The summed E-state index contributed by atoms with van der Waals surface area (Å²) < 4.78 is 14.9. The number of nitrogens with zero attached hydrogens (tertiary/aromatic N) is 2. The van der Waals surface area contributed by atoms with E-state index < -0.39 is 0 Å². The van der Waals surface area contributed by atoms with E-state index in [1.807, 2.05) is 29.8 Å². The molecule has 0 bridgehead atoms. The summed E-state index contributed by atoms with van der Waals surface area (Å²) in [4.78, 5) is 4.57. The van der Waals surface area contributed by atoms with E-state index in [1.54, 1.807) is 23.9 Å². The molecular weight excluding hydrogens is 295 g/mol. The Morgan fingerprint density at radius 1 is 1.20 bits per heavy atom. The van der Waals surface area contributed by atoms with E-state index in [0.29, 0.717) is 5.02 Å². The van der Waals surface area contributed by atoms with Gasteiger partial charge in [0.15, 0.2) is 5.16 Å². The second kappa shape index (κ2) is 5.46. The number of hydrogen-bond donors (Lipinski definition) is 0. The van der Waals surface area contributed by atoms with Crippen LogP contribution in [0.5, 0.6) is 0 Å². The Bertz CT molecular complexity index is 752. The fourth-order valence-electron chi connectivity index (χ4n) is 2.01. The van der Waals surface area contributed by atoms with Crippen LogP contribution in [-0.2, 0) is 12.8 Å². The average molecular weight is 307 g/mol. The number of halogens is 2. The molecule has 0 spiro atoms. The Morgan fingerprint density at radius 2 is 1.95 bits per heavy atom. The van der Waals surface area contributed by atoms with Crippen LogP contribution in [0, 0.1) is 5.82 Å². The van der Waals surface area contributed by atoms with Gasteiger partial charge in [0.25, 0.3) is 0 Å². The van der Waals surface area contributed by atoms with Crippen LogP contribution in [0.15, 0.2) is 47.6 Å². The minimum atomic E-state index is -0.212. The molecule has 0 unspecified atom stereocenters. The number of thioether (sulfide) groups is 1. The number of aryl methyl sites for hydroxylation is 1. The van der Waals surface area contributed by atoms with Gasteiger partial charge in [-0.15, -0.1) is 0 Å². The number of fused-ring (bicyclic) bond motifs is 1. The van der Waals surface area contributed by atoms with E-state index in [4.69, 9.17) is 11.6 Å². The lowest BCUT2D eigenvalue weighted by Gasteiger charge is -2.02. The second-order valence-corrected chi connectivity index (χ2v) is 5.88. The number of benzene rings is 2. The van der Waals surface area contributed by atoms with Crippen LogP contribution in [0.4, 0.5) is 4.39 Å². The third-order valence-corrected chi connectivity index (χ3v) is 4.42. The van der Waals surface area contributed by atoms with E-state index in [9.17, 15) is 4.39 Å². The van der Waals surface area contributed by atoms with E-state index in [-0.39, 0.29) is 5.82 Å². The molecule has 0 saturated carbocycles. The van der Waals surface area contributed by atoms with Crippen LogP contribution in [0.3, 0.4) is 0 Å². The SMILES string of the molecule is Cn1c(SCc2ccc(F)cc2)nc2cc(Cl)ccc21. The van der Waals surface area contributed by atoms with Gasteiger partial charge in [-0.25, -0.2) is 9.37 Å². The van der Waals surface area contributed by atoms with Crippen molar-refractivity contribution in [1.82, 2.24) is 9.55 Å².